The normalized spacial score (nSPS) is 32.1. The van der Waals surface area contributed by atoms with Gasteiger partial charge in [0.2, 0.25) is 5.91 Å². The second-order valence-electron chi connectivity index (χ2n) is 5.43. The molecule has 0 bridgehead atoms. The molecule has 1 saturated carbocycles. The number of amides is 1. The van der Waals surface area contributed by atoms with Crippen molar-refractivity contribution in [1.29, 1.82) is 0 Å². The zero-order valence-electron chi connectivity index (χ0n) is 11.4. The molecule has 0 N–H and O–H groups in total. The van der Waals surface area contributed by atoms with E-state index >= 15 is 0 Å². The number of allylic oxidation sites excluding steroid dienone is 1. The van der Waals surface area contributed by atoms with Gasteiger partial charge in [0.05, 0.1) is 0 Å². The Morgan fingerprint density at radius 2 is 2.22 bits per heavy atom. The summed E-state index contributed by atoms with van der Waals surface area (Å²) in [6, 6.07) is 0. The Morgan fingerprint density at radius 1 is 1.61 bits per heavy atom. The fourth-order valence-corrected chi connectivity index (χ4v) is 3.32. The first-order valence-corrected chi connectivity index (χ1v) is 7.14. The van der Waals surface area contributed by atoms with E-state index in [9.17, 15) is 9.59 Å². The highest BCUT2D eigenvalue weighted by molar-refractivity contribution is 9.10. The van der Waals surface area contributed by atoms with Crippen molar-refractivity contribution in [2.75, 3.05) is 14.1 Å². The van der Waals surface area contributed by atoms with Gasteiger partial charge in [-0.1, -0.05) is 22.0 Å². The van der Waals surface area contributed by atoms with Crippen LogP contribution < -0.4 is 0 Å². The average molecular weight is 316 g/mol. The zero-order chi connectivity index (χ0) is 13.9. The summed E-state index contributed by atoms with van der Waals surface area (Å²) >= 11 is 3.72. The van der Waals surface area contributed by atoms with Crippen molar-refractivity contribution in [1.82, 2.24) is 4.90 Å². The summed E-state index contributed by atoms with van der Waals surface area (Å²) < 4.78 is -0.139. The van der Waals surface area contributed by atoms with Gasteiger partial charge in [-0.25, -0.2) is 0 Å². The summed E-state index contributed by atoms with van der Waals surface area (Å²) in [7, 11) is 3.42. The van der Waals surface area contributed by atoms with E-state index in [0.29, 0.717) is 6.42 Å². The van der Waals surface area contributed by atoms with Crippen LogP contribution in [0.1, 0.15) is 32.6 Å². The smallest absolute Gasteiger partial charge is 0.232 e. The van der Waals surface area contributed by atoms with Gasteiger partial charge in [0.15, 0.2) is 0 Å². The lowest BCUT2D eigenvalue weighted by molar-refractivity contribution is -0.144. The Morgan fingerprint density at radius 3 is 2.72 bits per heavy atom. The topological polar surface area (TPSA) is 37.4 Å². The molecule has 3 atom stereocenters. The Kier molecular flexibility index (Phi) is 5.14. The predicted molar refractivity (Wildman–Crippen MR) is 76.7 cm³/mol. The monoisotopic (exact) mass is 315 g/mol. The van der Waals surface area contributed by atoms with Crippen LogP contribution in [-0.4, -0.2) is 35.0 Å². The van der Waals surface area contributed by atoms with Crippen molar-refractivity contribution in [3.63, 3.8) is 0 Å². The summed E-state index contributed by atoms with van der Waals surface area (Å²) in [5, 5.41) is 0. The third-order valence-electron chi connectivity index (χ3n) is 3.77. The Hall–Kier alpha value is -0.640. The van der Waals surface area contributed by atoms with Crippen LogP contribution in [0.5, 0.6) is 0 Å². The number of nitrogens with zero attached hydrogens (tertiary/aromatic N) is 1. The third-order valence-corrected chi connectivity index (χ3v) is 4.76. The molecule has 18 heavy (non-hydrogen) atoms. The van der Waals surface area contributed by atoms with Gasteiger partial charge in [-0.15, -0.1) is 6.58 Å². The predicted octanol–water partition coefficient (Wildman–Crippen LogP) is 2.79. The minimum atomic E-state index is -0.502. The number of hydrogen-bond donors (Lipinski definition) is 0. The molecule has 0 radical (unpaired) electrons. The quantitative estimate of drug-likeness (QED) is 0.454. The summed E-state index contributed by atoms with van der Waals surface area (Å²) in [6.07, 6.45) is 4.78. The minimum Gasteiger partial charge on any atom is -0.348 e. The highest BCUT2D eigenvalue weighted by Crippen LogP contribution is 2.45. The standard InChI is InChI=1S/C14H22BrNO2/c1-5-6-7-10-12(13(18)16(3)4)11(17)8-9-14(10,2)15/h5,10,12H,1,6-9H2,2-4H3/t10-,12-,14?/m0/s1. The first-order chi connectivity index (χ1) is 8.31. The molecule has 0 spiro atoms. The Balaban J connectivity index is 3.01. The van der Waals surface area contributed by atoms with Gasteiger partial charge in [-0.05, 0) is 32.1 Å². The van der Waals surface area contributed by atoms with E-state index < -0.39 is 5.92 Å². The SMILES string of the molecule is C=CCC[C@H]1[C@H](C(=O)N(C)C)C(=O)CCC1(C)Br. The Bertz CT molecular complexity index is 350. The van der Waals surface area contributed by atoms with Gasteiger partial charge in [0.1, 0.15) is 11.7 Å². The fourth-order valence-electron chi connectivity index (χ4n) is 2.63. The number of carbonyl (C=O) groups excluding carboxylic acids is 2. The molecule has 1 aliphatic carbocycles. The third kappa shape index (κ3) is 3.22. The first-order valence-electron chi connectivity index (χ1n) is 6.35. The first kappa shape index (κ1) is 15.4. The highest BCUT2D eigenvalue weighted by atomic mass is 79.9. The molecule has 1 aliphatic rings. The van der Waals surface area contributed by atoms with Crippen molar-refractivity contribution in [3.05, 3.63) is 12.7 Å². The maximum absolute atomic E-state index is 12.2. The molecule has 1 rings (SSSR count). The number of alkyl halides is 1. The molecule has 1 unspecified atom stereocenters. The number of ketones is 1. The van der Waals surface area contributed by atoms with E-state index in [1.165, 1.54) is 4.90 Å². The van der Waals surface area contributed by atoms with Crippen molar-refractivity contribution in [2.24, 2.45) is 11.8 Å². The number of Topliss-reactive ketones (excluding diaryl/α,β-unsaturated/α-hetero) is 1. The molecule has 0 aromatic heterocycles. The van der Waals surface area contributed by atoms with Gasteiger partial charge >= 0.3 is 0 Å². The molecule has 0 aromatic carbocycles. The van der Waals surface area contributed by atoms with Crippen molar-refractivity contribution in [2.45, 2.75) is 36.9 Å². The summed E-state index contributed by atoms with van der Waals surface area (Å²) in [6.45, 7) is 5.81. The van der Waals surface area contributed by atoms with Crippen molar-refractivity contribution >= 4 is 27.6 Å². The van der Waals surface area contributed by atoms with Gasteiger partial charge in [0, 0.05) is 24.8 Å². The number of halogens is 1. The minimum absolute atomic E-state index is 0.0478. The summed E-state index contributed by atoms with van der Waals surface area (Å²) in [5.74, 6) is -0.441. The number of hydrogen-bond acceptors (Lipinski definition) is 2. The fraction of sp³-hybridized carbons (Fsp3) is 0.714. The van der Waals surface area contributed by atoms with E-state index in [4.69, 9.17) is 0 Å². The van der Waals surface area contributed by atoms with Crippen molar-refractivity contribution in [3.8, 4) is 0 Å². The van der Waals surface area contributed by atoms with Gasteiger partial charge in [-0.2, -0.15) is 0 Å². The molecular formula is C14H22BrNO2. The maximum atomic E-state index is 12.2. The van der Waals surface area contributed by atoms with Crippen LogP contribution in [0.3, 0.4) is 0 Å². The largest absolute Gasteiger partial charge is 0.348 e. The second-order valence-corrected chi connectivity index (χ2v) is 7.24. The zero-order valence-corrected chi connectivity index (χ0v) is 13.0. The lowest BCUT2D eigenvalue weighted by Crippen LogP contribution is -2.49. The Labute approximate surface area is 118 Å². The second kappa shape index (κ2) is 6.00. The van der Waals surface area contributed by atoms with E-state index in [2.05, 4.69) is 29.4 Å². The van der Waals surface area contributed by atoms with Crippen LogP contribution in [-0.2, 0) is 9.59 Å². The van der Waals surface area contributed by atoms with Crippen LogP contribution in [0.25, 0.3) is 0 Å². The van der Waals surface area contributed by atoms with Crippen LogP contribution in [0.4, 0.5) is 0 Å². The molecule has 102 valence electrons. The number of rotatable bonds is 4. The van der Waals surface area contributed by atoms with Crippen LogP contribution in [0.15, 0.2) is 12.7 Å². The van der Waals surface area contributed by atoms with E-state index in [-0.39, 0.29) is 21.9 Å². The van der Waals surface area contributed by atoms with Gasteiger partial charge in [0.25, 0.3) is 0 Å². The molecular weight excluding hydrogens is 294 g/mol. The van der Waals surface area contributed by atoms with Crippen LogP contribution >= 0.6 is 15.9 Å². The summed E-state index contributed by atoms with van der Waals surface area (Å²) in [5.41, 5.74) is 0. The molecule has 0 heterocycles. The van der Waals surface area contributed by atoms with Gasteiger partial charge < -0.3 is 4.90 Å². The van der Waals surface area contributed by atoms with E-state index in [1.807, 2.05) is 6.08 Å². The molecule has 1 fully saturated rings. The van der Waals surface area contributed by atoms with Gasteiger partial charge in [-0.3, -0.25) is 9.59 Å². The molecule has 4 heteroatoms. The van der Waals surface area contributed by atoms with Crippen LogP contribution in [0.2, 0.25) is 0 Å². The van der Waals surface area contributed by atoms with Crippen LogP contribution in [0, 0.1) is 11.8 Å². The van der Waals surface area contributed by atoms with E-state index in [1.54, 1.807) is 14.1 Å². The molecule has 0 aromatic rings. The summed E-state index contributed by atoms with van der Waals surface area (Å²) in [4.78, 5) is 25.9. The van der Waals surface area contributed by atoms with E-state index in [0.717, 1.165) is 19.3 Å². The average Bonchev–Trinajstić information content (AvgIpc) is 2.29. The molecule has 0 saturated heterocycles. The number of carbonyl (C=O) groups is 2. The lowest BCUT2D eigenvalue weighted by atomic mass is 9.69. The molecule has 0 aliphatic heterocycles. The molecule has 3 nitrogen and oxygen atoms in total. The highest BCUT2D eigenvalue weighted by Gasteiger charge is 2.47. The maximum Gasteiger partial charge on any atom is 0.232 e. The van der Waals surface area contributed by atoms with Crippen molar-refractivity contribution < 1.29 is 9.59 Å². The lowest BCUT2D eigenvalue weighted by Gasteiger charge is -2.41. The molecule has 1 amide bonds.